The van der Waals surface area contributed by atoms with E-state index in [9.17, 15) is 9.90 Å². The molecule has 17 heavy (non-hydrogen) atoms. The van der Waals surface area contributed by atoms with Crippen LogP contribution in [0.5, 0.6) is 0 Å². The topological polar surface area (TPSA) is 97.5 Å². The maximum atomic E-state index is 11.0. The summed E-state index contributed by atoms with van der Waals surface area (Å²) < 4.78 is 6.36. The number of aliphatic hydroxyl groups is 1. The molecule has 0 radical (unpaired) electrons. The first-order valence-electron chi connectivity index (χ1n) is 5.33. The van der Waals surface area contributed by atoms with Crippen molar-refractivity contribution in [1.82, 2.24) is 15.0 Å². The predicted molar refractivity (Wildman–Crippen MR) is 59.0 cm³/mol. The number of aromatic carboxylic acids is 1. The minimum absolute atomic E-state index is 0.0884. The molecular weight excluding hydrogens is 226 g/mol. The molecular formula is C10H17N3O4. The van der Waals surface area contributed by atoms with Crippen LogP contribution in [0.15, 0.2) is 0 Å². The van der Waals surface area contributed by atoms with Gasteiger partial charge in [0, 0.05) is 13.5 Å². The van der Waals surface area contributed by atoms with E-state index >= 15 is 0 Å². The number of carbonyl (C=O) groups is 1. The molecule has 7 nitrogen and oxygen atoms in total. The van der Waals surface area contributed by atoms with Crippen LogP contribution >= 0.6 is 0 Å². The van der Waals surface area contributed by atoms with Crippen LogP contribution in [0.1, 0.15) is 36.1 Å². The number of ether oxygens (including phenoxy) is 1. The van der Waals surface area contributed by atoms with Gasteiger partial charge in [-0.15, -0.1) is 5.10 Å². The van der Waals surface area contributed by atoms with Gasteiger partial charge in [-0.05, 0) is 13.8 Å². The number of hydrogen-bond donors (Lipinski definition) is 2. The zero-order valence-corrected chi connectivity index (χ0v) is 10.1. The minimum Gasteiger partial charge on any atom is -0.476 e. The van der Waals surface area contributed by atoms with Gasteiger partial charge in [-0.3, -0.25) is 0 Å². The first-order valence-corrected chi connectivity index (χ1v) is 5.33. The summed E-state index contributed by atoms with van der Waals surface area (Å²) in [7, 11) is 1.53. The molecule has 0 aliphatic heterocycles. The predicted octanol–water partition coefficient (Wildman–Crippen LogP) is 0.107. The number of hydrogen-bond acceptors (Lipinski definition) is 5. The fourth-order valence-corrected chi connectivity index (χ4v) is 1.44. The number of aliphatic hydroxyl groups excluding tert-OH is 1. The molecule has 1 heterocycles. The number of rotatable bonds is 6. The Kier molecular flexibility index (Phi) is 4.59. The van der Waals surface area contributed by atoms with E-state index in [0.29, 0.717) is 18.7 Å². The van der Waals surface area contributed by atoms with Crippen LogP contribution in [0.4, 0.5) is 0 Å². The van der Waals surface area contributed by atoms with Crippen LogP contribution in [0.3, 0.4) is 0 Å². The molecule has 0 aliphatic carbocycles. The monoisotopic (exact) mass is 243 g/mol. The lowest BCUT2D eigenvalue weighted by molar-refractivity contribution is 0.0688. The average molecular weight is 243 g/mol. The van der Waals surface area contributed by atoms with Crippen molar-refractivity contribution < 1.29 is 19.7 Å². The van der Waals surface area contributed by atoms with Gasteiger partial charge < -0.3 is 14.9 Å². The van der Waals surface area contributed by atoms with Gasteiger partial charge in [-0.2, -0.15) is 0 Å². The van der Waals surface area contributed by atoms with Crippen LogP contribution in [0.25, 0.3) is 0 Å². The number of aromatic nitrogens is 3. The Morgan fingerprint density at radius 3 is 2.65 bits per heavy atom. The summed E-state index contributed by atoms with van der Waals surface area (Å²) in [4.78, 5) is 11.0. The van der Waals surface area contributed by atoms with E-state index in [1.54, 1.807) is 13.8 Å². The second kappa shape index (κ2) is 5.74. The van der Waals surface area contributed by atoms with Gasteiger partial charge in [0.25, 0.3) is 0 Å². The van der Waals surface area contributed by atoms with Gasteiger partial charge in [0.1, 0.15) is 0 Å². The molecule has 0 saturated carbocycles. The maximum Gasteiger partial charge on any atom is 0.358 e. The van der Waals surface area contributed by atoms with Crippen molar-refractivity contribution in [2.75, 3.05) is 13.7 Å². The molecule has 0 aliphatic rings. The molecule has 1 aromatic heterocycles. The molecule has 0 spiro atoms. The largest absolute Gasteiger partial charge is 0.476 e. The third-order valence-electron chi connectivity index (χ3n) is 2.62. The van der Waals surface area contributed by atoms with Gasteiger partial charge in [-0.25, -0.2) is 9.48 Å². The van der Waals surface area contributed by atoms with Crippen molar-refractivity contribution in [2.45, 2.75) is 32.4 Å². The molecule has 96 valence electrons. The average Bonchev–Trinajstić information content (AvgIpc) is 2.68. The summed E-state index contributed by atoms with van der Waals surface area (Å²) in [6.07, 6.45) is -0.248. The lowest BCUT2D eigenvalue weighted by atomic mass is 10.2. The second-order valence-corrected chi connectivity index (χ2v) is 3.86. The first kappa shape index (κ1) is 13.6. The molecule has 1 rings (SSSR count). The highest BCUT2D eigenvalue weighted by Crippen LogP contribution is 2.16. The quantitative estimate of drug-likeness (QED) is 0.735. The fraction of sp³-hybridized carbons (Fsp3) is 0.700. The summed E-state index contributed by atoms with van der Waals surface area (Å²) in [5, 5.41) is 25.9. The summed E-state index contributed by atoms with van der Waals surface area (Å²) in [5.74, 6) is -1.12. The Balaban J connectivity index is 3.08. The highest BCUT2D eigenvalue weighted by molar-refractivity contribution is 5.86. The van der Waals surface area contributed by atoms with Crippen molar-refractivity contribution in [1.29, 1.82) is 0 Å². The van der Waals surface area contributed by atoms with Gasteiger partial charge in [-0.1, -0.05) is 5.21 Å². The Hall–Kier alpha value is -1.47. The first-order chi connectivity index (χ1) is 7.99. The van der Waals surface area contributed by atoms with Crippen molar-refractivity contribution in [3.8, 4) is 0 Å². The minimum atomic E-state index is -1.12. The van der Waals surface area contributed by atoms with Crippen molar-refractivity contribution in [3.05, 3.63) is 11.4 Å². The molecule has 0 bridgehead atoms. The van der Waals surface area contributed by atoms with E-state index in [1.807, 2.05) is 0 Å². The summed E-state index contributed by atoms with van der Waals surface area (Å²) >= 11 is 0. The summed E-state index contributed by atoms with van der Waals surface area (Å²) in [6, 6.07) is -0.331. The zero-order valence-electron chi connectivity index (χ0n) is 10.1. The third-order valence-corrected chi connectivity index (χ3v) is 2.62. The summed E-state index contributed by atoms with van der Waals surface area (Å²) in [6.45, 7) is 3.74. The second-order valence-electron chi connectivity index (χ2n) is 3.86. The van der Waals surface area contributed by atoms with Gasteiger partial charge in [0.05, 0.1) is 24.4 Å². The molecule has 1 aromatic rings. The van der Waals surface area contributed by atoms with Gasteiger partial charge >= 0.3 is 5.97 Å². The third kappa shape index (κ3) is 3.01. The molecule has 0 amide bonds. The van der Waals surface area contributed by atoms with Crippen LogP contribution in [0.2, 0.25) is 0 Å². The molecule has 0 saturated heterocycles. The fourth-order valence-electron chi connectivity index (χ4n) is 1.44. The lowest BCUT2D eigenvalue weighted by Gasteiger charge is -2.17. The molecule has 2 atom stereocenters. The smallest absolute Gasteiger partial charge is 0.358 e. The standard InChI is InChI=1S/C10H17N3O4/c1-6(7(2)14)13-8(4-5-17-3)9(10(15)16)11-12-13/h6-7,14H,4-5H2,1-3H3,(H,15,16). The normalized spacial score (nSPS) is 14.6. The summed E-state index contributed by atoms with van der Waals surface area (Å²) in [5.41, 5.74) is 0.377. The van der Waals surface area contributed by atoms with E-state index in [-0.39, 0.29) is 11.7 Å². The van der Waals surface area contributed by atoms with E-state index in [2.05, 4.69) is 10.3 Å². The molecule has 0 aromatic carbocycles. The lowest BCUT2D eigenvalue weighted by Crippen LogP contribution is -2.22. The SMILES string of the molecule is COCCc1c(C(=O)O)nnn1C(C)C(C)O. The van der Waals surface area contributed by atoms with Crippen molar-refractivity contribution in [3.63, 3.8) is 0 Å². The molecule has 2 N–H and O–H groups in total. The van der Waals surface area contributed by atoms with E-state index < -0.39 is 12.1 Å². The van der Waals surface area contributed by atoms with Crippen LogP contribution in [-0.4, -0.2) is 51.0 Å². The Morgan fingerprint density at radius 1 is 1.53 bits per heavy atom. The van der Waals surface area contributed by atoms with E-state index in [0.717, 1.165) is 0 Å². The van der Waals surface area contributed by atoms with Crippen LogP contribution < -0.4 is 0 Å². The van der Waals surface area contributed by atoms with Crippen molar-refractivity contribution >= 4 is 5.97 Å². The molecule has 0 fully saturated rings. The highest BCUT2D eigenvalue weighted by Gasteiger charge is 2.23. The van der Waals surface area contributed by atoms with Crippen molar-refractivity contribution in [2.24, 2.45) is 0 Å². The van der Waals surface area contributed by atoms with Gasteiger partial charge in [0.2, 0.25) is 0 Å². The zero-order chi connectivity index (χ0) is 13.0. The molecule has 7 heteroatoms. The number of carboxylic acid groups (broad SMARTS) is 1. The number of carboxylic acids is 1. The van der Waals surface area contributed by atoms with E-state index in [1.165, 1.54) is 11.8 Å². The molecule has 2 unspecified atom stereocenters. The Labute approximate surface area is 99.0 Å². The van der Waals surface area contributed by atoms with Crippen LogP contribution in [-0.2, 0) is 11.2 Å². The number of nitrogens with zero attached hydrogens (tertiary/aromatic N) is 3. The van der Waals surface area contributed by atoms with Gasteiger partial charge in [0.15, 0.2) is 5.69 Å². The Morgan fingerprint density at radius 2 is 2.18 bits per heavy atom. The maximum absolute atomic E-state index is 11.0. The van der Waals surface area contributed by atoms with Crippen LogP contribution in [0, 0.1) is 0 Å². The van der Waals surface area contributed by atoms with E-state index in [4.69, 9.17) is 9.84 Å². The Bertz CT molecular complexity index is 389. The number of methoxy groups -OCH3 is 1. The highest BCUT2D eigenvalue weighted by atomic mass is 16.5.